The van der Waals surface area contributed by atoms with Gasteiger partial charge in [-0.3, -0.25) is 4.90 Å². The first-order valence-electron chi connectivity index (χ1n) is 8.89. The summed E-state index contributed by atoms with van der Waals surface area (Å²) in [5.41, 5.74) is 0. The van der Waals surface area contributed by atoms with Gasteiger partial charge in [-0.25, -0.2) is 0 Å². The zero-order valence-corrected chi connectivity index (χ0v) is 14.1. The molecule has 0 spiro atoms. The third kappa shape index (κ3) is 3.81. The number of piperidine rings is 1. The molecule has 24 heavy (non-hydrogen) atoms. The Morgan fingerprint density at radius 1 is 1.21 bits per heavy atom. The molecule has 1 saturated carbocycles. The minimum Gasteiger partial charge on any atom is -0.424 e. The van der Waals surface area contributed by atoms with Crippen LogP contribution in [-0.2, 0) is 19.5 Å². The van der Waals surface area contributed by atoms with Gasteiger partial charge in [0.05, 0.1) is 13.1 Å². The maximum Gasteiger partial charge on any atom is 0.230 e. The number of aromatic nitrogens is 4. The monoisotopic (exact) mass is 332 g/mol. The van der Waals surface area contributed by atoms with Crippen LogP contribution in [0.4, 0.5) is 0 Å². The van der Waals surface area contributed by atoms with E-state index < -0.39 is 0 Å². The van der Waals surface area contributed by atoms with Crippen LogP contribution in [0.1, 0.15) is 62.0 Å². The van der Waals surface area contributed by atoms with Crippen LogP contribution in [0.2, 0.25) is 0 Å². The highest BCUT2D eigenvalue weighted by Gasteiger charge is 2.30. The second-order valence-electron chi connectivity index (χ2n) is 6.72. The fourth-order valence-electron chi connectivity index (χ4n) is 3.13. The molecule has 2 aromatic heterocycles. The van der Waals surface area contributed by atoms with Crippen LogP contribution < -0.4 is 5.32 Å². The van der Waals surface area contributed by atoms with Gasteiger partial charge >= 0.3 is 0 Å². The minimum absolute atomic E-state index is 0.422. The van der Waals surface area contributed by atoms with E-state index in [-0.39, 0.29) is 0 Å². The maximum absolute atomic E-state index is 5.55. The predicted octanol–water partition coefficient (Wildman–Crippen LogP) is 1.65. The second-order valence-corrected chi connectivity index (χ2v) is 6.72. The molecule has 1 aliphatic carbocycles. The summed E-state index contributed by atoms with van der Waals surface area (Å²) in [6.45, 7) is 5.44. The van der Waals surface area contributed by atoms with Crippen molar-refractivity contribution in [3.8, 4) is 0 Å². The Morgan fingerprint density at radius 3 is 2.88 bits per heavy atom. The molecule has 8 heteroatoms. The molecule has 3 heterocycles. The van der Waals surface area contributed by atoms with Crippen molar-refractivity contribution in [1.82, 2.24) is 30.6 Å². The van der Waals surface area contributed by atoms with Crippen LogP contribution in [0.15, 0.2) is 8.94 Å². The lowest BCUT2D eigenvalue weighted by Crippen LogP contribution is -2.45. The first-order chi connectivity index (χ1) is 11.8. The molecule has 4 rings (SSSR count). The summed E-state index contributed by atoms with van der Waals surface area (Å²) in [4.78, 5) is 6.91. The molecule has 1 saturated heterocycles. The van der Waals surface area contributed by atoms with Crippen molar-refractivity contribution in [2.45, 2.75) is 64.1 Å². The van der Waals surface area contributed by atoms with E-state index in [1.807, 2.05) is 6.92 Å². The molecule has 2 fully saturated rings. The number of hydrogen-bond acceptors (Lipinski definition) is 8. The molecule has 0 bridgehead atoms. The molecule has 130 valence electrons. The Morgan fingerprint density at radius 2 is 2.08 bits per heavy atom. The van der Waals surface area contributed by atoms with Gasteiger partial charge in [0.1, 0.15) is 0 Å². The largest absolute Gasteiger partial charge is 0.424 e. The van der Waals surface area contributed by atoms with Crippen molar-refractivity contribution in [3.63, 3.8) is 0 Å². The molecule has 8 nitrogen and oxygen atoms in total. The molecule has 2 aromatic rings. The summed E-state index contributed by atoms with van der Waals surface area (Å²) in [7, 11) is 0. The summed E-state index contributed by atoms with van der Waals surface area (Å²) in [6, 6.07) is 0.422. The van der Waals surface area contributed by atoms with E-state index in [2.05, 4.69) is 30.6 Å². The van der Waals surface area contributed by atoms with E-state index in [0.29, 0.717) is 30.3 Å². The molecule has 0 unspecified atom stereocenters. The van der Waals surface area contributed by atoms with Gasteiger partial charge in [-0.15, -0.1) is 10.2 Å². The number of nitrogens with one attached hydrogen (secondary N) is 1. The van der Waals surface area contributed by atoms with Gasteiger partial charge in [0.2, 0.25) is 17.7 Å². The Kier molecular flexibility index (Phi) is 4.57. The number of nitrogens with zero attached hydrogens (tertiary/aromatic N) is 5. The molecule has 1 N–H and O–H groups in total. The zero-order chi connectivity index (χ0) is 16.4. The van der Waals surface area contributed by atoms with Crippen LogP contribution in [0.25, 0.3) is 0 Å². The topological polar surface area (TPSA) is 93.1 Å². The van der Waals surface area contributed by atoms with Crippen molar-refractivity contribution < 1.29 is 8.94 Å². The third-order valence-electron chi connectivity index (χ3n) is 4.63. The summed E-state index contributed by atoms with van der Waals surface area (Å²) in [6.07, 6.45) is 5.47. The lowest BCUT2D eigenvalue weighted by molar-refractivity contribution is 0.175. The Bertz CT molecular complexity index is 665. The van der Waals surface area contributed by atoms with Gasteiger partial charge in [0.15, 0.2) is 5.82 Å². The molecular weight excluding hydrogens is 308 g/mol. The van der Waals surface area contributed by atoms with Crippen LogP contribution >= 0.6 is 0 Å². The van der Waals surface area contributed by atoms with Gasteiger partial charge in [-0.1, -0.05) is 12.1 Å². The smallest absolute Gasteiger partial charge is 0.230 e. The lowest BCUT2D eigenvalue weighted by Gasteiger charge is -2.32. The molecule has 2 aliphatic rings. The fourth-order valence-corrected chi connectivity index (χ4v) is 3.13. The lowest BCUT2D eigenvalue weighted by atomic mass is 10.1. The van der Waals surface area contributed by atoms with Crippen LogP contribution in [0.3, 0.4) is 0 Å². The predicted molar refractivity (Wildman–Crippen MR) is 85.1 cm³/mol. The molecule has 1 atom stereocenters. The molecule has 0 aromatic carbocycles. The third-order valence-corrected chi connectivity index (χ3v) is 4.63. The van der Waals surface area contributed by atoms with Crippen molar-refractivity contribution in [1.29, 1.82) is 0 Å². The second kappa shape index (κ2) is 6.98. The van der Waals surface area contributed by atoms with E-state index in [9.17, 15) is 0 Å². The van der Waals surface area contributed by atoms with E-state index in [1.165, 1.54) is 12.8 Å². The Labute approximate surface area is 141 Å². The van der Waals surface area contributed by atoms with Crippen molar-refractivity contribution in [2.75, 3.05) is 13.1 Å². The Hall–Kier alpha value is -1.80. The van der Waals surface area contributed by atoms with E-state index >= 15 is 0 Å². The number of aryl methyl sites for hydroxylation is 1. The number of rotatable bonds is 7. The molecule has 0 radical (unpaired) electrons. The van der Waals surface area contributed by atoms with Crippen molar-refractivity contribution in [3.05, 3.63) is 23.5 Å². The minimum atomic E-state index is 0.422. The van der Waals surface area contributed by atoms with E-state index in [4.69, 9.17) is 8.94 Å². The first-order valence-corrected chi connectivity index (χ1v) is 8.89. The quantitative estimate of drug-likeness (QED) is 0.818. The van der Waals surface area contributed by atoms with Crippen molar-refractivity contribution in [2.24, 2.45) is 0 Å². The highest BCUT2D eigenvalue weighted by atomic mass is 16.5. The summed E-state index contributed by atoms with van der Waals surface area (Å²) in [5.74, 6) is 3.50. The van der Waals surface area contributed by atoms with Gasteiger partial charge in [0, 0.05) is 24.9 Å². The molecule has 1 aliphatic heterocycles. The summed E-state index contributed by atoms with van der Waals surface area (Å²) in [5, 5.41) is 15.7. The first kappa shape index (κ1) is 15.7. The summed E-state index contributed by atoms with van der Waals surface area (Å²) < 4.78 is 10.9. The van der Waals surface area contributed by atoms with Crippen LogP contribution in [-0.4, -0.2) is 44.4 Å². The van der Waals surface area contributed by atoms with E-state index in [0.717, 1.165) is 50.6 Å². The highest BCUT2D eigenvalue weighted by molar-refractivity contribution is 5.01. The normalized spacial score (nSPS) is 22.1. The van der Waals surface area contributed by atoms with E-state index in [1.54, 1.807) is 0 Å². The zero-order valence-electron chi connectivity index (χ0n) is 14.1. The van der Waals surface area contributed by atoms with Gasteiger partial charge in [-0.2, -0.15) is 4.98 Å². The van der Waals surface area contributed by atoms with Gasteiger partial charge in [-0.05, 0) is 32.2 Å². The fraction of sp³-hybridized carbons (Fsp3) is 0.750. The molecular formula is C16H24N6O2. The summed E-state index contributed by atoms with van der Waals surface area (Å²) >= 11 is 0. The highest BCUT2D eigenvalue weighted by Crippen LogP contribution is 2.38. The average molecular weight is 332 g/mol. The number of hydrogen-bond donors (Lipinski definition) is 1. The Balaban J connectivity index is 1.26. The standard InChI is InChI=1S/C16H24N6O2/c1-2-14-19-20-15(23-14)8-17-12-4-3-7-22(9-12)10-13-18-16(24-21-13)11-5-6-11/h11-12,17H,2-10H2,1H3/t12-/m1/s1. The maximum atomic E-state index is 5.55. The SMILES string of the molecule is CCc1nnc(CN[C@@H]2CCCN(Cc3noc(C4CC4)n3)C2)o1. The number of likely N-dealkylation sites (tertiary alicyclic amines) is 1. The van der Waals surface area contributed by atoms with Crippen molar-refractivity contribution >= 4 is 0 Å². The molecule has 0 amide bonds. The van der Waals surface area contributed by atoms with Gasteiger partial charge in [0.25, 0.3) is 0 Å². The van der Waals surface area contributed by atoms with Crippen LogP contribution in [0, 0.1) is 0 Å². The van der Waals surface area contributed by atoms with Crippen LogP contribution in [0.5, 0.6) is 0 Å². The average Bonchev–Trinajstić information content (AvgIpc) is 3.17. The van der Waals surface area contributed by atoms with Gasteiger partial charge < -0.3 is 14.3 Å².